The molecular formula is C13H16N4O2. The SMILES string of the molecule is CN(C)CCNC(=O)c1nc2ccccc2c(=O)[nH]1. The molecule has 6 nitrogen and oxygen atoms in total. The number of aromatic amines is 1. The summed E-state index contributed by atoms with van der Waals surface area (Å²) < 4.78 is 0. The van der Waals surface area contributed by atoms with E-state index in [4.69, 9.17) is 0 Å². The lowest BCUT2D eigenvalue weighted by atomic mass is 10.2. The second-order valence-electron chi connectivity index (χ2n) is 4.49. The van der Waals surface area contributed by atoms with Crippen molar-refractivity contribution < 1.29 is 4.79 Å². The number of carbonyl (C=O) groups excluding carboxylic acids is 1. The zero-order valence-electron chi connectivity index (χ0n) is 10.9. The highest BCUT2D eigenvalue weighted by Gasteiger charge is 2.10. The fourth-order valence-electron chi connectivity index (χ4n) is 1.67. The lowest BCUT2D eigenvalue weighted by Crippen LogP contribution is -2.33. The number of fused-ring (bicyclic) bond motifs is 1. The maximum absolute atomic E-state index is 11.9. The molecule has 0 saturated heterocycles. The molecular weight excluding hydrogens is 244 g/mol. The first-order chi connectivity index (χ1) is 9.08. The summed E-state index contributed by atoms with van der Waals surface area (Å²) in [6.07, 6.45) is 0. The summed E-state index contributed by atoms with van der Waals surface area (Å²) in [4.78, 5) is 32.3. The number of nitrogens with one attached hydrogen (secondary N) is 2. The fourth-order valence-corrected chi connectivity index (χ4v) is 1.67. The number of para-hydroxylation sites is 1. The number of hydrogen-bond donors (Lipinski definition) is 2. The van der Waals surface area contributed by atoms with Crippen molar-refractivity contribution in [2.45, 2.75) is 0 Å². The van der Waals surface area contributed by atoms with E-state index < -0.39 is 0 Å². The molecule has 0 spiro atoms. The first kappa shape index (κ1) is 13.2. The van der Waals surface area contributed by atoms with Crippen LogP contribution in [0.4, 0.5) is 0 Å². The predicted octanol–water partition coefficient (Wildman–Crippen LogP) is 0.215. The summed E-state index contributed by atoms with van der Waals surface area (Å²) in [6.45, 7) is 1.23. The van der Waals surface area contributed by atoms with Crippen molar-refractivity contribution in [2.24, 2.45) is 0 Å². The standard InChI is InChI=1S/C13H16N4O2/c1-17(2)8-7-14-13(19)11-15-10-6-4-3-5-9(10)12(18)16-11/h3-6H,7-8H2,1-2H3,(H,14,19)(H,15,16,18). The van der Waals surface area contributed by atoms with Crippen molar-refractivity contribution in [3.63, 3.8) is 0 Å². The van der Waals surface area contributed by atoms with Crippen molar-refractivity contribution in [3.05, 3.63) is 40.4 Å². The Labute approximate surface area is 110 Å². The molecule has 0 fully saturated rings. The van der Waals surface area contributed by atoms with E-state index in [0.29, 0.717) is 17.4 Å². The Bertz CT molecular complexity index is 648. The monoisotopic (exact) mass is 260 g/mol. The third kappa shape index (κ3) is 3.17. The molecule has 2 aromatic rings. The van der Waals surface area contributed by atoms with Crippen molar-refractivity contribution in [1.29, 1.82) is 0 Å². The Morgan fingerprint density at radius 2 is 2.11 bits per heavy atom. The van der Waals surface area contributed by atoms with Crippen molar-refractivity contribution >= 4 is 16.8 Å². The number of hydrogen-bond acceptors (Lipinski definition) is 4. The zero-order valence-corrected chi connectivity index (χ0v) is 10.9. The Morgan fingerprint density at radius 1 is 1.37 bits per heavy atom. The molecule has 0 radical (unpaired) electrons. The summed E-state index contributed by atoms with van der Waals surface area (Å²) in [5.74, 6) is -0.327. The van der Waals surface area contributed by atoms with E-state index in [1.807, 2.05) is 19.0 Å². The van der Waals surface area contributed by atoms with Crippen LogP contribution in [0.5, 0.6) is 0 Å². The lowest BCUT2D eigenvalue weighted by Gasteiger charge is -2.10. The number of carbonyl (C=O) groups is 1. The molecule has 0 aliphatic carbocycles. The van der Waals surface area contributed by atoms with Crippen LogP contribution in [0.25, 0.3) is 10.9 Å². The van der Waals surface area contributed by atoms with Crippen LogP contribution in [0.2, 0.25) is 0 Å². The number of likely N-dealkylation sites (N-methyl/N-ethyl adjacent to an activating group) is 1. The highest BCUT2D eigenvalue weighted by molar-refractivity contribution is 5.92. The summed E-state index contributed by atoms with van der Waals surface area (Å²) in [5, 5.41) is 3.19. The molecule has 2 N–H and O–H groups in total. The molecule has 19 heavy (non-hydrogen) atoms. The van der Waals surface area contributed by atoms with E-state index in [9.17, 15) is 9.59 Å². The lowest BCUT2D eigenvalue weighted by molar-refractivity contribution is 0.0940. The number of H-pyrrole nitrogens is 1. The van der Waals surface area contributed by atoms with E-state index in [-0.39, 0.29) is 17.3 Å². The van der Waals surface area contributed by atoms with E-state index in [2.05, 4.69) is 15.3 Å². The fraction of sp³-hybridized carbons (Fsp3) is 0.308. The van der Waals surface area contributed by atoms with E-state index in [1.165, 1.54) is 0 Å². The topological polar surface area (TPSA) is 78.1 Å². The Morgan fingerprint density at radius 3 is 2.84 bits per heavy atom. The number of rotatable bonds is 4. The quantitative estimate of drug-likeness (QED) is 0.824. The van der Waals surface area contributed by atoms with Gasteiger partial charge in [-0.2, -0.15) is 0 Å². The van der Waals surface area contributed by atoms with Gasteiger partial charge in [0.1, 0.15) is 0 Å². The molecule has 6 heteroatoms. The predicted molar refractivity (Wildman–Crippen MR) is 73.3 cm³/mol. The van der Waals surface area contributed by atoms with Gasteiger partial charge in [0.05, 0.1) is 10.9 Å². The first-order valence-corrected chi connectivity index (χ1v) is 6.00. The van der Waals surface area contributed by atoms with Crippen LogP contribution in [-0.2, 0) is 0 Å². The van der Waals surface area contributed by atoms with E-state index in [0.717, 1.165) is 6.54 Å². The molecule has 1 amide bonds. The van der Waals surface area contributed by atoms with Crippen LogP contribution in [0.3, 0.4) is 0 Å². The summed E-state index contributed by atoms with van der Waals surface area (Å²) in [6, 6.07) is 6.93. The maximum Gasteiger partial charge on any atom is 0.287 e. The van der Waals surface area contributed by atoms with Gasteiger partial charge in [0.2, 0.25) is 0 Å². The van der Waals surface area contributed by atoms with Gasteiger partial charge >= 0.3 is 0 Å². The molecule has 100 valence electrons. The number of nitrogens with zero attached hydrogens (tertiary/aromatic N) is 2. The van der Waals surface area contributed by atoms with Gasteiger partial charge in [-0.3, -0.25) is 9.59 Å². The molecule has 0 aliphatic rings. The van der Waals surface area contributed by atoms with Gasteiger partial charge in [-0.05, 0) is 26.2 Å². The molecule has 1 heterocycles. The zero-order chi connectivity index (χ0) is 13.8. The van der Waals surface area contributed by atoms with Crippen molar-refractivity contribution in [3.8, 4) is 0 Å². The minimum atomic E-state index is -0.371. The average molecular weight is 260 g/mol. The molecule has 0 saturated carbocycles. The molecule has 0 unspecified atom stereocenters. The largest absolute Gasteiger partial charge is 0.348 e. The summed E-state index contributed by atoms with van der Waals surface area (Å²) in [5.41, 5.74) is 0.215. The molecule has 0 bridgehead atoms. The van der Waals surface area contributed by atoms with Crippen LogP contribution in [0.15, 0.2) is 29.1 Å². The minimum absolute atomic E-state index is 0.0439. The van der Waals surface area contributed by atoms with E-state index in [1.54, 1.807) is 24.3 Å². The highest BCUT2D eigenvalue weighted by atomic mass is 16.2. The summed E-state index contributed by atoms with van der Waals surface area (Å²) >= 11 is 0. The Hall–Kier alpha value is -2.21. The first-order valence-electron chi connectivity index (χ1n) is 6.00. The molecule has 1 aromatic carbocycles. The maximum atomic E-state index is 11.9. The van der Waals surface area contributed by atoms with Crippen LogP contribution >= 0.6 is 0 Å². The third-order valence-corrected chi connectivity index (χ3v) is 2.67. The number of benzene rings is 1. The van der Waals surface area contributed by atoms with Gasteiger partial charge in [-0.25, -0.2) is 4.98 Å². The number of aromatic nitrogens is 2. The minimum Gasteiger partial charge on any atom is -0.348 e. The normalized spacial score (nSPS) is 10.9. The molecule has 0 aliphatic heterocycles. The second-order valence-corrected chi connectivity index (χ2v) is 4.49. The smallest absolute Gasteiger partial charge is 0.287 e. The number of amides is 1. The van der Waals surface area contributed by atoms with Gasteiger partial charge in [-0.15, -0.1) is 0 Å². The van der Waals surface area contributed by atoms with Crippen LogP contribution < -0.4 is 10.9 Å². The van der Waals surface area contributed by atoms with E-state index >= 15 is 0 Å². The van der Waals surface area contributed by atoms with Crippen LogP contribution in [-0.4, -0.2) is 48.0 Å². The van der Waals surface area contributed by atoms with Crippen molar-refractivity contribution in [1.82, 2.24) is 20.2 Å². The van der Waals surface area contributed by atoms with Crippen LogP contribution in [0.1, 0.15) is 10.6 Å². The molecule has 1 aromatic heterocycles. The van der Waals surface area contributed by atoms with Gasteiger partial charge in [0, 0.05) is 13.1 Å². The summed E-state index contributed by atoms with van der Waals surface area (Å²) in [7, 11) is 3.84. The molecule has 2 rings (SSSR count). The average Bonchev–Trinajstić information content (AvgIpc) is 2.38. The third-order valence-electron chi connectivity index (χ3n) is 2.67. The van der Waals surface area contributed by atoms with Gasteiger partial charge < -0.3 is 15.2 Å². The van der Waals surface area contributed by atoms with Gasteiger partial charge in [0.15, 0.2) is 5.82 Å². The second kappa shape index (κ2) is 5.62. The Balaban J connectivity index is 2.21. The van der Waals surface area contributed by atoms with Crippen molar-refractivity contribution in [2.75, 3.05) is 27.2 Å². The van der Waals surface area contributed by atoms with Gasteiger partial charge in [-0.1, -0.05) is 12.1 Å². The van der Waals surface area contributed by atoms with Gasteiger partial charge in [0.25, 0.3) is 11.5 Å². The highest BCUT2D eigenvalue weighted by Crippen LogP contribution is 2.05. The van der Waals surface area contributed by atoms with Crippen LogP contribution in [0, 0.1) is 0 Å². The molecule has 0 atom stereocenters. The Kier molecular flexibility index (Phi) is 3.91.